The number of nitrogens with one attached hydrogen (secondary N) is 2. The molecule has 2 aromatic rings. The molecule has 2 saturated heterocycles. The number of nitrogens with zero attached hydrogens (tertiary/aromatic N) is 5. The third-order valence-corrected chi connectivity index (χ3v) is 6.74. The molecule has 0 radical (unpaired) electrons. The van der Waals surface area contributed by atoms with Crippen molar-refractivity contribution in [2.75, 3.05) is 36.9 Å². The van der Waals surface area contributed by atoms with Crippen LogP contribution in [0.3, 0.4) is 0 Å². The van der Waals surface area contributed by atoms with Crippen molar-refractivity contribution in [3.63, 3.8) is 0 Å². The molecule has 9 nitrogen and oxygen atoms in total. The molecule has 1 aliphatic carbocycles. The number of anilines is 3. The molecule has 3 fully saturated rings. The predicted molar refractivity (Wildman–Crippen MR) is 121 cm³/mol. The van der Waals surface area contributed by atoms with Gasteiger partial charge in [-0.15, -0.1) is 0 Å². The van der Waals surface area contributed by atoms with Gasteiger partial charge < -0.3 is 20.4 Å². The fourth-order valence-electron chi connectivity index (χ4n) is 4.63. The van der Waals surface area contributed by atoms with E-state index in [0.29, 0.717) is 23.5 Å². The molecule has 0 aromatic carbocycles. The minimum Gasteiger partial charge on any atom is -0.354 e. The quantitative estimate of drug-likeness (QED) is 0.713. The Bertz CT molecular complexity index is 1040. The van der Waals surface area contributed by atoms with Gasteiger partial charge in [0.1, 0.15) is 11.5 Å². The molecule has 2 bridgehead atoms. The van der Waals surface area contributed by atoms with Gasteiger partial charge in [0, 0.05) is 44.8 Å². The zero-order valence-corrected chi connectivity index (χ0v) is 18.7. The molecule has 2 atom stereocenters. The highest BCUT2D eigenvalue weighted by molar-refractivity contribution is 6.33. The molecule has 10 heteroatoms. The fourth-order valence-corrected chi connectivity index (χ4v) is 4.88. The SMILES string of the molecule is CNC(=O)c1ncc(Nc2nccc(N3CCC4C[C@H](C3)N(C(=O)C3CC3)C4)n2)cc1Cl. The van der Waals surface area contributed by atoms with Crippen molar-refractivity contribution in [1.82, 2.24) is 25.2 Å². The molecular weight excluding hydrogens is 430 g/mol. The molecule has 1 unspecified atom stereocenters. The summed E-state index contributed by atoms with van der Waals surface area (Å²) in [5.41, 5.74) is 0.759. The first kappa shape index (κ1) is 20.9. The molecule has 2 aliphatic heterocycles. The summed E-state index contributed by atoms with van der Waals surface area (Å²) in [7, 11) is 1.53. The minimum absolute atomic E-state index is 0.166. The molecule has 1 saturated carbocycles. The maximum Gasteiger partial charge on any atom is 0.271 e. The molecule has 3 aliphatic rings. The number of halogens is 1. The zero-order chi connectivity index (χ0) is 22.2. The average molecular weight is 456 g/mol. The van der Waals surface area contributed by atoms with E-state index in [1.165, 1.54) is 13.2 Å². The average Bonchev–Trinajstić information content (AvgIpc) is 3.58. The first-order valence-corrected chi connectivity index (χ1v) is 11.4. The van der Waals surface area contributed by atoms with Crippen LogP contribution in [0.25, 0.3) is 0 Å². The van der Waals surface area contributed by atoms with Gasteiger partial charge in [-0.2, -0.15) is 4.98 Å². The summed E-state index contributed by atoms with van der Waals surface area (Å²) in [5.74, 6) is 2.08. The molecule has 32 heavy (non-hydrogen) atoms. The molecule has 2 aromatic heterocycles. The van der Waals surface area contributed by atoms with Crippen molar-refractivity contribution >= 4 is 40.9 Å². The van der Waals surface area contributed by atoms with E-state index >= 15 is 0 Å². The lowest BCUT2D eigenvalue weighted by atomic mass is 10.0. The van der Waals surface area contributed by atoms with Gasteiger partial charge in [-0.05, 0) is 43.7 Å². The number of rotatable bonds is 5. The second kappa shape index (κ2) is 8.54. The zero-order valence-electron chi connectivity index (χ0n) is 17.9. The summed E-state index contributed by atoms with van der Waals surface area (Å²) in [6.07, 6.45) is 7.46. The largest absolute Gasteiger partial charge is 0.354 e. The Kier molecular flexibility index (Phi) is 5.58. The van der Waals surface area contributed by atoms with Gasteiger partial charge in [0.25, 0.3) is 5.91 Å². The van der Waals surface area contributed by atoms with Crippen LogP contribution in [0.5, 0.6) is 0 Å². The maximum absolute atomic E-state index is 12.7. The third-order valence-electron chi connectivity index (χ3n) is 6.45. The summed E-state index contributed by atoms with van der Waals surface area (Å²) >= 11 is 6.20. The topological polar surface area (TPSA) is 103 Å². The van der Waals surface area contributed by atoms with Crippen LogP contribution in [-0.4, -0.2) is 64.4 Å². The molecule has 4 heterocycles. The Morgan fingerprint density at radius 3 is 2.78 bits per heavy atom. The number of amides is 2. The first-order chi connectivity index (χ1) is 15.5. The van der Waals surface area contributed by atoms with Gasteiger partial charge in [0.2, 0.25) is 11.9 Å². The van der Waals surface area contributed by atoms with E-state index in [0.717, 1.165) is 51.1 Å². The van der Waals surface area contributed by atoms with Gasteiger partial charge in [-0.1, -0.05) is 11.6 Å². The standard InChI is InChI=1S/C22H26ClN7O2/c1-24-20(31)19-17(23)9-15(10-26-19)27-22-25-6-4-18(28-22)29-7-5-13-8-16(12-29)30(11-13)21(32)14-2-3-14/h4,6,9-10,13-14,16H,2-3,5,7-8,11-12H2,1H3,(H,24,31)(H,25,27,28)/t13?,16-/m1/s1. The summed E-state index contributed by atoms with van der Waals surface area (Å²) in [6, 6.07) is 3.78. The lowest BCUT2D eigenvalue weighted by Crippen LogP contribution is -2.45. The van der Waals surface area contributed by atoms with E-state index in [1.54, 1.807) is 12.3 Å². The Balaban J connectivity index is 1.30. The first-order valence-electron chi connectivity index (χ1n) is 11.0. The van der Waals surface area contributed by atoms with E-state index in [9.17, 15) is 9.59 Å². The predicted octanol–water partition coefficient (Wildman–Crippen LogP) is 2.47. The van der Waals surface area contributed by atoms with Crippen LogP contribution >= 0.6 is 11.6 Å². The van der Waals surface area contributed by atoms with Crippen molar-refractivity contribution in [3.8, 4) is 0 Å². The van der Waals surface area contributed by atoms with Gasteiger partial charge >= 0.3 is 0 Å². The maximum atomic E-state index is 12.7. The van der Waals surface area contributed by atoms with Crippen LogP contribution in [-0.2, 0) is 4.79 Å². The Morgan fingerprint density at radius 2 is 2.03 bits per heavy atom. The fraction of sp³-hybridized carbons (Fsp3) is 0.500. The van der Waals surface area contributed by atoms with Crippen LogP contribution in [0.4, 0.5) is 17.5 Å². The third kappa shape index (κ3) is 4.21. The highest BCUT2D eigenvalue weighted by Gasteiger charge is 2.43. The van der Waals surface area contributed by atoms with Crippen LogP contribution in [0.15, 0.2) is 24.5 Å². The van der Waals surface area contributed by atoms with Crippen LogP contribution in [0.2, 0.25) is 5.02 Å². The number of carbonyl (C=O) groups is 2. The molecule has 168 valence electrons. The lowest BCUT2D eigenvalue weighted by Gasteiger charge is -2.32. The van der Waals surface area contributed by atoms with E-state index in [-0.39, 0.29) is 28.6 Å². The monoisotopic (exact) mass is 455 g/mol. The van der Waals surface area contributed by atoms with Crippen molar-refractivity contribution in [2.24, 2.45) is 11.8 Å². The summed E-state index contributed by atoms with van der Waals surface area (Å²) in [4.78, 5) is 42.0. The molecule has 2 N–H and O–H groups in total. The van der Waals surface area contributed by atoms with E-state index < -0.39 is 0 Å². The second-order valence-corrected chi connectivity index (χ2v) is 9.16. The number of fused-ring (bicyclic) bond motifs is 2. The molecule has 5 rings (SSSR count). The highest BCUT2D eigenvalue weighted by Crippen LogP contribution is 2.37. The smallest absolute Gasteiger partial charge is 0.271 e. The van der Waals surface area contributed by atoms with E-state index in [1.807, 2.05) is 6.07 Å². The molecular formula is C22H26ClN7O2. The van der Waals surface area contributed by atoms with Gasteiger partial charge in [-0.3, -0.25) is 9.59 Å². The number of aromatic nitrogens is 3. The number of pyridine rings is 1. The number of likely N-dealkylation sites (tertiary alicyclic amines) is 1. The van der Waals surface area contributed by atoms with Crippen molar-refractivity contribution in [2.45, 2.75) is 31.7 Å². The van der Waals surface area contributed by atoms with E-state index in [2.05, 4.69) is 35.4 Å². The van der Waals surface area contributed by atoms with Crippen molar-refractivity contribution in [3.05, 3.63) is 35.2 Å². The van der Waals surface area contributed by atoms with Crippen molar-refractivity contribution < 1.29 is 9.59 Å². The minimum atomic E-state index is -0.343. The number of hydrogen-bond acceptors (Lipinski definition) is 7. The van der Waals surface area contributed by atoms with Crippen molar-refractivity contribution in [1.29, 1.82) is 0 Å². The van der Waals surface area contributed by atoms with Crippen LogP contribution in [0, 0.1) is 11.8 Å². The van der Waals surface area contributed by atoms with Crippen LogP contribution in [0.1, 0.15) is 36.2 Å². The van der Waals surface area contributed by atoms with E-state index in [4.69, 9.17) is 11.6 Å². The Labute approximate surface area is 191 Å². The van der Waals surface area contributed by atoms with Gasteiger partial charge in [0.05, 0.1) is 16.9 Å². The van der Waals surface area contributed by atoms with Gasteiger partial charge in [0.15, 0.2) is 0 Å². The normalized spacial score (nSPS) is 22.4. The molecule has 0 spiro atoms. The van der Waals surface area contributed by atoms with Gasteiger partial charge in [-0.25, -0.2) is 9.97 Å². The second-order valence-electron chi connectivity index (χ2n) is 8.75. The lowest BCUT2D eigenvalue weighted by molar-refractivity contribution is -0.133. The number of hydrogen-bond donors (Lipinski definition) is 2. The summed E-state index contributed by atoms with van der Waals surface area (Å²) in [6.45, 7) is 2.61. The number of carbonyl (C=O) groups excluding carboxylic acids is 2. The summed E-state index contributed by atoms with van der Waals surface area (Å²) in [5, 5.41) is 5.87. The Hall–Kier alpha value is -2.94. The highest BCUT2D eigenvalue weighted by atomic mass is 35.5. The van der Waals surface area contributed by atoms with Crippen LogP contribution < -0.4 is 15.5 Å². The Morgan fingerprint density at radius 1 is 1.19 bits per heavy atom. The summed E-state index contributed by atoms with van der Waals surface area (Å²) < 4.78 is 0. The molecule has 2 amide bonds.